The Morgan fingerprint density at radius 2 is 1.83 bits per heavy atom. The van der Waals surface area contributed by atoms with Gasteiger partial charge in [0, 0.05) is 17.2 Å². The molecule has 0 aromatic heterocycles. The highest BCUT2D eigenvalue weighted by atomic mass is 15.0. The van der Waals surface area contributed by atoms with Gasteiger partial charge < -0.3 is 0 Å². The summed E-state index contributed by atoms with van der Waals surface area (Å²) in [4.78, 5) is 0. The van der Waals surface area contributed by atoms with Crippen LogP contribution in [0.3, 0.4) is 0 Å². The van der Waals surface area contributed by atoms with Crippen LogP contribution in [0.25, 0.3) is 0 Å². The molecule has 86 valence electrons. The van der Waals surface area contributed by atoms with E-state index >= 15 is 0 Å². The Kier molecular flexibility index (Phi) is 2.66. The largest absolute Gasteiger partial charge is 0.208 e. The van der Waals surface area contributed by atoms with Gasteiger partial charge in [-0.3, -0.25) is 0 Å². The van der Waals surface area contributed by atoms with Crippen LogP contribution < -0.4 is 0 Å². The highest BCUT2D eigenvalue weighted by molar-refractivity contribution is 5.67. The summed E-state index contributed by atoms with van der Waals surface area (Å²) in [6.07, 6.45) is 3.17. The lowest BCUT2D eigenvalue weighted by Gasteiger charge is -2.02. The van der Waals surface area contributed by atoms with Crippen LogP contribution in [0.15, 0.2) is 48.5 Å². The molecule has 0 saturated carbocycles. The van der Waals surface area contributed by atoms with E-state index in [1.54, 1.807) is 0 Å². The Labute approximate surface area is 106 Å². The molecule has 18 heavy (non-hydrogen) atoms. The summed E-state index contributed by atoms with van der Waals surface area (Å²) < 4.78 is 2.23. The summed E-state index contributed by atoms with van der Waals surface area (Å²) >= 11 is 0. The van der Waals surface area contributed by atoms with E-state index in [1.807, 2.05) is 24.3 Å². The van der Waals surface area contributed by atoms with Gasteiger partial charge in [0.1, 0.15) is 0 Å². The highest BCUT2D eigenvalue weighted by Crippen LogP contribution is 2.25. The molecular weight excluding hydrogens is 220 g/mol. The van der Waals surface area contributed by atoms with Crippen LogP contribution in [0.5, 0.6) is 0 Å². The zero-order valence-electron chi connectivity index (χ0n) is 10.0. The van der Waals surface area contributed by atoms with Crippen LogP contribution in [-0.4, -0.2) is 10.8 Å². The van der Waals surface area contributed by atoms with Crippen molar-refractivity contribution in [2.24, 2.45) is 0 Å². The summed E-state index contributed by atoms with van der Waals surface area (Å²) in [7, 11) is 0. The number of nitriles is 1. The predicted molar refractivity (Wildman–Crippen MR) is 71.0 cm³/mol. The molecule has 1 aliphatic rings. The first-order valence-corrected chi connectivity index (χ1v) is 6.04. The third kappa shape index (κ3) is 1.80. The standard InChI is InChI=1S/C16H13N2/c17-11-14-6-1-2-7-15(14)12-18-10-9-13-5-3-4-8-16(13)18/h1-8,10H,9,12H2/q+1. The Morgan fingerprint density at radius 3 is 2.72 bits per heavy atom. The van der Waals surface area contributed by atoms with E-state index in [0.717, 1.165) is 24.1 Å². The molecule has 0 unspecified atom stereocenters. The molecule has 2 nitrogen and oxygen atoms in total. The monoisotopic (exact) mass is 233 g/mol. The third-order valence-electron chi connectivity index (χ3n) is 3.31. The van der Waals surface area contributed by atoms with Crippen LogP contribution in [0.2, 0.25) is 0 Å². The van der Waals surface area contributed by atoms with Gasteiger partial charge in [0.2, 0.25) is 5.69 Å². The van der Waals surface area contributed by atoms with Crippen LogP contribution in [0.4, 0.5) is 5.69 Å². The van der Waals surface area contributed by atoms with Crippen molar-refractivity contribution in [3.8, 4) is 6.07 Å². The summed E-state index contributed by atoms with van der Waals surface area (Å²) in [5.41, 5.74) is 4.44. The van der Waals surface area contributed by atoms with Crippen molar-refractivity contribution >= 4 is 11.9 Å². The zero-order valence-corrected chi connectivity index (χ0v) is 10.0. The van der Waals surface area contributed by atoms with Crippen molar-refractivity contribution in [3.05, 3.63) is 65.2 Å². The van der Waals surface area contributed by atoms with Gasteiger partial charge in [-0.1, -0.05) is 36.4 Å². The lowest BCUT2D eigenvalue weighted by Crippen LogP contribution is -2.04. The van der Waals surface area contributed by atoms with E-state index < -0.39 is 0 Å². The smallest absolute Gasteiger partial charge is 0.198 e. The van der Waals surface area contributed by atoms with E-state index in [2.05, 4.69) is 41.1 Å². The minimum Gasteiger partial charge on any atom is -0.198 e. The van der Waals surface area contributed by atoms with Crippen molar-refractivity contribution in [2.45, 2.75) is 13.0 Å². The second kappa shape index (κ2) is 4.46. The fourth-order valence-corrected chi connectivity index (χ4v) is 2.37. The van der Waals surface area contributed by atoms with Crippen molar-refractivity contribution < 1.29 is 4.58 Å². The molecule has 0 atom stereocenters. The molecule has 0 fully saturated rings. The van der Waals surface area contributed by atoms with Gasteiger partial charge >= 0.3 is 0 Å². The third-order valence-corrected chi connectivity index (χ3v) is 3.31. The van der Waals surface area contributed by atoms with Crippen LogP contribution in [0.1, 0.15) is 16.7 Å². The van der Waals surface area contributed by atoms with Crippen molar-refractivity contribution in [3.63, 3.8) is 0 Å². The van der Waals surface area contributed by atoms with E-state index in [0.29, 0.717) is 0 Å². The normalized spacial score (nSPS) is 12.7. The molecule has 1 aliphatic heterocycles. The van der Waals surface area contributed by atoms with E-state index in [1.165, 1.54) is 11.3 Å². The molecule has 0 radical (unpaired) electrons. The highest BCUT2D eigenvalue weighted by Gasteiger charge is 2.21. The number of nitrogens with zero attached hydrogens (tertiary/aromatic N) is 2. The average molecular weight is 233 g/mol. The quantitative estimate of drug-likeness (QED) is 0.732. The molecule has 1 heterocycles. The van der Waals surface area contributed by atoms with Gasteiger partial charge in [-0.15, -0.1) is 0 Å². The lowest BCUT2D eigenvalue weighted by atomic mass is 10.1. The SMILES string of the molecule is N#Cc1ccccc1C[N+]1=CCc2ccccc21. The molecule has 2 heteroatoms. The molecule has 0 aliphatic carbocycles. The van der Waals surface area contributed by atoms with Crippen molar-refractivity contribution in [2.75, 3.05) is 0 Å². The lowest BCUT2D eigenvalue weighted by molar-refractivity contribution is -0.450. The number of benzene rings is 2. The number of fused-ring (bicyclic) bond motifs is 1. The van der Waals surface area contributed by atoms with E-state index in [9.17, 15) is 0 Å². The summed E-state index contributed by atoms with van der Waals surface area (Å²) in [5.74, 6) is 0. The first-order valence-electron chi connectivity index (χ1n) is 6.04. The molecule has 0 N–H and O–H groups in total. The summed E-state index contributed by atoms with van der Waals surface area (Å²) in [5, 5.41) is 9.11. The second-order valence-electron chi connectivity index (χ2n) is 4.41. The first-order chi connectivity index (χ1) is 8.88. The molecule has 0 spiro atoms. The first kappa shape index (κ1) is 10.7. The number of hydrogen-bond acceptors (Lipinski definition) is 1. The van der Waals surface area contributed by atoms with Crippen LogP contribution in [-0.2, 0) is 13.0 Å². The predicted octanol–water partition coefficient (Wildman–Crippen LogP) is 3.03. The molecule has 2 aromatic carbocycles. The molecular formula is C16H13N2+. The molecule has 0 saturated heterocycles. The molecule has 0 bridgehead atoms. The Bertz CT molecular complexity index is 663. The fourth-order valence-electron chi connectivity index (χ4n) is 2.37. The Hall–Kier alpha value is -2.40. The Balaban J connectivity index is 1.94. The van der Waals surface area contributed by atoms with Gasteiger partial charge in [-0.25, -0.2) is 0 Å². The van der Waals surface area contributed by atoms with Gasteiger partial charge in [-0.05, 0) is 6.07 Å². The molecule has 3 rings (SSSR count). The van der Waals surface area contributed by atoms with Gasteiger partial charge in [0.15, 0.2) is 12.8 Å². The maximum Gasteiger partial charge on any atom is 0.208 e. The second-order valence-corrected chi connectivity index (χ2v) is 4.41. The van der Waals surface area contributed by atoms with Crippen molar-refractivity contribution in [1.29, 1.82) is 5.26 Å². The Morgan fingerprint density at radius 1 is 1.06 bits per heavy atom. The van der Waals surface area contributed by atoms with Crippen LogP contribution >= 0.6 is 0 Å². The maximum absolute atomic E-state index is 9.11. The summed E-state index contributed by atoms with van der Waals surface area (Å²) in [6.45, 7) is 0.765. The van der Waals surface area contributed by atoms with E-state index in [4.69, 9.17) is 5.26 Å². The number of rotatable bonds is 2. The number of hydrogen-bond donors (Lipinski definition) is 0. The molecule has 2 aromatic rings. The minimum absolute atomic E-state index is 0.760. The molecule has 0 amide bonds. The zero-order chi connectivity index (χ0) is 12.4. The van der Waals surface area contributed by atoms with Crippen molar-refractivity contribution in [1.82, 2.24) is 0 Å². The maximum atomic E-state index is 9.11. The van der Waals surface area contributed by atoms with Gasteiger partial charge in [0.25, 0.3) is 0 Å². The average Bonchev–Trinajstić information content (AvgIpc) is 2.83. The summed E-state index contributed by atoms with van der Waals surface area (Å²) in [6, 6.07) is 18.5. The van der Waals surface area contributed by atoms with Gasteiger partial charge in [0.05, 0.1) is 18.1 Å². The minimum atomic E-state index is 0.760. The van der Waals surface area contributed by atoms with Gasteiger partial charge in [-0.2, -0.15) is 9.84 Å². The van der Waals surface area contributed by atoms with Crippen LogP contribution in [0, 0.1) is 11.3 Å². The topological polar surface area (TPSA) is 26.8 Å². The fraction of sp³-hybridized carbons (Fsp3) is 0.125. The van der Waals surface area contributed by atoms with E-state index in [-0.39, 0.29) is 0 Å². The number of para-hydroxylation sites is 1.